The Bertz CT molecular complexity index is 1310. The molecule has 1 amide bonds. The van der Waals surface area contributed by atoms with E-state index in [4.69, 9.17) is 16.3 Å². The molecule has 0 bridgehead atoms. The SMILES string of the molecule is CC[C@H](NC(=O)CN(c1cccc(Cl)c1C)S(=O)(=O)c1ccc(C)cc1)c1ccc(OC)c(C)c1. The molecule has 0 aliphatic heterocycles. The number of methoxy groups -OCH3 is 1. The van der Waals surface area contributed by atoms with Crippen molar-refractivity contribution in [3.8, 4) is 5.75 Å². The summed E-state index contributed by atoms with van der Waals surface area (Å²) in [5.74, 6) is 0.349. The van der Waals surface area contributed by atoms with Crippen molar-refractivity contribution in [1.82, 2.24) is 5.32 Å². The lowest BCUT2D eigenvalue weighted by Crippen LogP contribution is -2.42. The number of hydrogen-bond acceptors (Lipinski definition) is 4. The number of halogens is 1. The van der Waals surface area contributed by atoms with Gasteiger partial charge in [-0.15, -0.1) is 0 Å². The molecule has 1 N–H and O–H groups in total. The number of ether oxygens (including phenoxy) is 1. The quantitative estimate of drug-likeness (QED) is 0.395. The van der Waals surface area contributed by atoms with Crippen LogP contribution in [0.15, 0.2) is 65.6 Å². The lowest BCUT2D eigenvalue weighted by Gasteiger charge is -2.27. The first-order valence-electron chi connectivity index (χ1n) is 11.4. The third-order valence-electron chi connectivity index (χ3n) is 5.97. The van der Waals surface area contributed by atoms with Gasteiger partial charge in [-0.3, -0.25) is 9.10 Å². The molecule has 35 heavy (non-hydrogen) atoms. The number of amides is 1. The molecule has 0 aliphatic carbocycles. The number of nitrogens with one attached hydrogen (secondary N) is 1. The molecule has 0 spiro atoms. The fourth-order valence-electron chi connectivity index (χ4n) is 3.91. The van der Waals surface area contributed by atoms with E-state index in [2.05, 4.69) is 5.32 Å². The Kier molecular flexibility index (Phi) is 8.46. The monoisotopic (exact) mass is 514 g/mol. The number of carbonyl (C=O) groups is 1. The molecule has 3 rings (SSSR count). The van der Waals surface area contributed by atoms with Crippen LogP contribution < -0.4 is 14.4 Å². The predicted molar refractivity (Wildman–Crippen MR) is 141 cm³/mol. The highest BCUT2D eigenvalue weighted by Crippen LogP contribution is 2.31. The number of rotatable bonds is 9. The number of nitrogens with zero attached hydrogens (tertiary/aromatic N) is 1. The van der Waals surface area contributed by atoms with E-state index in [1.54, 1.807) is 56.5 Å². The van der Waals surface area contributed by atoms with Crippen molar-refractivity contribution in [1.29, 1.82) is 0 Å². The minimum absolute atomic E-state index is 0.105. The summed E-state index contributed by atoms with van der Waals surface area (Å²) in [5, 5.41) is 3.42. The third-order valence-corrected chi connectivity index (χ3v) is 8.15. The number of anilines is 1. The molecule has 0 aliphatic rings. The molecule has 0 fully saturated rings. The van der Waals surface area contributed by atoms with Gasteiger partial charge < -0.3 is 10.1 Å². The maximum absolute atomic E-state index is 13.7. The van der Waals surface area contributed by atoms with Crippen molar-refractivity contribution in [2.75, 3.05) is 18.0 Å². The van der Waals surface area contributed by atoms with Gasteiger partial charge in [-0.05, 0) is 74.2 Å². The third kappa shape index (κ3) is 5.97. The fourth-order valence-corrected chi connectivity index (χ4v) is 5.56. The number of hydrogen-bond donors (Lipinski definition) is 1. The fraction of sp³-hybridized carbons (Fsp3) is 0.296. The summed E-state index contributed by atoms with van der Waals surface area (Å²) in [6.07, 6.45) is 0.637. The maximum Gasteiger partial charge on any atom is 0.264 e. The average Bonchev–Trinajstić information content (AvgIpc) is 2.83. The van der Waals surface area contributed by atoms with Gasteiger partial charge in [-0.2, -0.15) is 0 Å². The van der Waals surface area contributed by atoms with Gasteiger partial charge in [0, 0.05) is 5.02 Å². The molecule has 0 aromatic heterocycles. The van der Waals surface area contributed by atoms with Crippen molar-refractivity contribution < 1.29 is 17.9 Å². The minimum Gasteiger partial charge on any atom is -0.496 e. The minimum atomic E-state index is -4.03. The van der Waals surface area contributed by atoms with E-state index < -0.39 is 15.9 Å². The van der Waals surface area contributed by atoms with Gasteiger partial charge in [-0.1, -0.05) is 54.4 Å². The largest absolute Gasteiger partial charge is 0.496 e. The first kappa shape index (κ1) is 26.6. The van der Waals surface area contributed by atoms with Gasteiger partial charge in [0.1, 0.15) is 12.3 Å². The molecule has 3 aromatic carbocycles. The Hall–Kier alpha value is -3.03. The summed E-state index contributed by atoms with van der Waals surface area (Å²) in [5.41, 5.74) is 3.76. The van der Waals surface area contributed by atoms with E-state index in [1.807, 2.05) is 39.0 Å². The first-order valence-corrected chi connectivity index (χ1v) is 13.2. The van der Waals surface area contributed by atoms with Gasteiger partial charge in [0.15, 0.2) is 0 Å². The average molecular weight is 515 g/mol. The van der Waals surface area contributed by atoms with Crippen LogP contribution in [0.5, 0.6) is 5.75 Å². The van der Waals surface area contributed by atoms with E-state index in [0.717, 1.165) is 26.7 Å². The summed E-state index contributed by atoms with van der Waals surface area (Å²) in [4.78, 5) is 13.3. The van der Waals surface area contributed by atoms with Crippen LogP contribution in [0.1, 0.15) is 41.6 Å². The van der Waals surface area contributed by atoms with Crippen LogP contribution in [0, 0.1) is 20.8 Å². The molecule has 6 nitrogen and oxygen atoms in total. The van der Waals surface area contributed by atoms with Crippen molar-refractivity contribution in [2.24, 2.45) is 0 Å². The van der Waals surface area contributed by atoms with Crippen molar-refractivity contribution in [3.63, 3.8) is 0 Å². The van der Waals surface area contributed by atoms with Crippen molar-refractivity contribution >= 4 is 33.2 Å². The maximum atomic E-state index is 13.7. The van der Waals surface area contributed by atoms with Crippen LogP contribution >= 0.6 is 11.6 Å². The summed E-state index contributed by atoms with van der Waals surface area (Å²) >= 11 is 6.31. The second-order valence-electron chi connectivity index (χ2n) is 8.47. The normalized spacial score (nSPS) is 12.2. The molecule has 0 heterocycles. The number of carbonyl (C=O) groups excluding carboxylic acids is 1. The van der Waals surface area contributed by atoms with Crippen LogP contribution in [0.3, 0.4) is 0 Å². The summed E-state index contributed by atoms with van der Waals surface area (Å²) < 4.78 is 33.8. The lowest BCUT2D eigenvalue weighted by molar-refractivity contribution is -0.120. The molecule has 1 atom stereocenters. The highest BCUT2D eigenvalue weighted by atomic mass is 35.5. The molecular weight excluding hydrogens is 484 g/mol. The van der Waals surface area contributed by atoms with E-state index in [1.165, 1.54) is 0 Å². The van der Waals surface area contributed by atoms with Gasteiger partial charge in [-0.25, -0.2) is 8.42 Å². The Morgan fingerprint density at radius 2 is 1.74 bits per heavy atom. The molecular formula is C27H31ClN2O4S. The molecule has 0 saturated heterocycles. The summed E-state index contributed by atoms with van der Waals surface area (Å²) in [7, 11) is -2.42. The summed E-state index contributed by atoms with van der Waals surface area (Å²) in [6, 6.07) is 17.0. The topological polar surface area (TPSA) is 75.7 Å². The molecule has 186 valence electrons. The van der Waals surface area contributed by atoms with E-state index >= 15 is 0 Å². The van der Waals surface area contributed by atoms with Gasteiger partial charge in [0.2, 0.25) is 5.91 Å². The van der Waals surface area contributed by atoms with Gasteiger partial charge in [0.05, 0.1) is 23.7 Å². The molecule has 3 aromatic rings. The Morgan fingerprint density at radius 3 is 2.34 bits per heavy atom. The van der Waals surface area contributed by atoms with Crippen LogP contribution in [-0.4, -0.2) is 28.0 Å². The van der Waals surface area contributed by atoms with E-state index in [-0.39, 0.29) is 17.5 Å². The second-order valence-corrected chi connectivity index (χ2v) is 10.7. The van der Waals surface area contributed by atoms with Crippen LogP contribution in [0.2, 0.25) is 5.02 Å². The first-order chi connectivity index (χ1) is 16.6. The van der Waals surface area contributed by atoms with Crippen molar-refractivity contribution in [2.45, 2.75) is 45.1 Å². The zero-order chi connectivity index (χ0) is 25.8. The Labute approximate surface area is 212 Å². The van der Waals surface area contributed by atoms with Crippen molar-refractivity contribution in [3.05, 3.63) is 87.9 Å². The predicted octanol–water partition coefficient (Wildman–Crippen LogP) is 5.74. The summed E-state index contributed by atoms with van der Waals surface area (Å²) in [6.45, 7) is 7.14. The smallest absolute Gasteiger partial charge is 0.264 e. The highest BCUT2D eigenvalue weighted by molar-refractivity contribution is 7.92. The van der Waals surface area contributed by atoms with Crippen LogP contribution in [-0.2, 0) is 14.8 Å². The van der Waals surface area contributed by atoms with Crippen LogP contribution in [0.4, 0.5) is 5.69 Å². The zero-order valence-electron chi connectivity index (χ0n) is 20.6. The van der Waals surface area contributed by atoms with E-state index in [9.17, 15) is 13.2 Å². The molecule has 0 saturated carbocycles. The molecule has 0 radical (unpaired) electrons. The van der Waals surface area contributed by atoms with Crippen LogP contribution in [0.25, 0.3) is 0 Å². The second kappa shape index (κ2) is 11.1. The molecule has 8 heteroatoms. The lowest BCUT2D eigenvalue weighted by atomic mass is 10.0. The number of benzene rings is 3. The Balaban J connectivity index is 1.95. The van der Waals surface area contributed by atoms with Gasteiger partial charge in [0.25, 0.3) is 10.0 Å². The van der Waals surface area contributed by atoms with E-state index in [0.29, 0.717) is 22.7 Å². The van der Waals surface area contributed by atoms with Gasteiger partial charge >= 0.3 is 0 Å². The zero-order valence-corrected chi connectivity index (χ0v) is 22.2. The Morgan fingerprint density at radius 1 is 1.06 bits per heavy atom. The highest BCUT2D eigenvalue weighted by Gasteiger charge is 2.29. The number of aryl methyl sites for hydroxylation is 2. The standard InChI is InChI=1S/C27H31ClN2O4S/c1-6-24(21-12-15-26(34-5)19(3)16-21)29-27(31)17-30(25-9-7-8-23(28)20(25)4)35(32,33)22-13-10-18(2)11-14-22/h7-16,24H,6,17H2,1-5H3,(H,29,31)/t24-/m0/s1. The number of sulfonamides is 1. The molecule has 0 unspecified atom stereocenters.